The minimum absolute atomic E-state index is 0.210. The lowest BCUT2D eigenvalue weighted by atomic mass is 10.00. The van der Waals surface area contributed by atoms with Gasteiger partial charge < -0.3 is 28.7 Å². The zero-order valence-corrected chi connectivity index (χ0v) is 22.4. The summed E-state index contributed by atoms with van der Waals surface area (Å²) in [7, 11) is 1.68. The highest BCUT2D eigenvalue weighted by molar-refractivity contribution is 5.84. The molecule has 0 aliphatic carbocycles. The number of methoxy groups -OCH3 is 1. The van der Waals surface area contributed by atoms with Gasteiger partial charge in [-0.3, -0.25) is 4.98 Å². The van der Waals surface area contributed by atoms with Crippen molar-refractivity contribution in [3.63, 3.8) is 0 Å². The molecule has 1 N–H and O–H groups in total. The number of hydrogen-bond acceptors (Lipinski definition) is 9. The molecule has 1 aliphatic heterocycles. The molecule has 5 aromatic rings. The summed E-state index contributed by atoms with van der Waals surface area (Å²) in [5.74, 6) is 2.17. The summed E-state index contributed by atoms with van der Waals surface area (Å²) in [6, 6.07) is 13.0. The van der Waals surface area contributed by atoms with Crippen molar-refractivity contribution in [2.75, 3.05) is 51.9 Å². The molecule has 0 atom stereocenters. The number of aromatic nitrogens is 5. The Labute approximate surface area is 231 Å². The molecule has 0 unspecified atom stereocenters. The van der Waals surface area contributed by atoms with Gasteiger partial charge in [-0.1, -0.05) is 12.1 Å². The van der Waals surface area contributed by atoms with Crippen LogP contribution in [0.3, 0.4) is 0 Å². The molecule has 40 heavy (non-hydrogen) atoms. The summed E-state index contributed by atoms with van der Waals surface area (Å²) in [6.45, 7) is 5.38. The normalized spacial score (nSPS) is 14.2. The van der Waals surface area contributed by atoms with E-state index in [-0.39, 0.29) is 18.3 Å². The van der Waals surface area contributed by atoms with Gasteiger partial charge in [0.2, 0.25) is 5.89 Å². The number of ether oxygens (including phenoxy) is 2. The van der Waals surface area contributed by atoms with E-state index < -0.39 is 0 Å². The molecule has 0 bridgehead atoms. The Bertz CT molecular complexity index is 1580. The lowest BCUT2D eigenvalue weighted by molar-refractivity contribution is 0.0665. The van der Waals surface area contributed by atoms with Gasteiger partial charge in [0.05, 0.1) is 49.0 Å². The number of benzene rings is 1. The van der Waals surface area contributed by atoms with E-state index in [0.717, 1.165) is 49.5 Å². The number of para-hydroxylation sites is 2. The molecular weight excluding hydrogens is 513 g/mol. The fourth-order valence-electron chi connectivity index (χ4n) is 5.02. The fraction of sp³-hybridized carbons (Fsp3) is 0.379. The molecule has 6 rings (SSSR count). The van der Waals surface area contributed by atoms with Crippen molar-refractivity contribution in [1.82, 2.24) is 29.4 Å². The second kappa shape index (κ2) is 12.1. The number of halogens is 1. The van der Waals surface area contributed by atoms with Gasteiger partial charge in [0.1, 0.15) is 11.6 Å². The maximum atomic E-state index is 14.0. The first kappa shape index (κ1) is 26.3. The topological polar surface area (TPSA) is 103 Å². The number of hydrogen-bond donors (Lipinski definition) is 1. The van der Waals surface area contributed by atoms with Crippen LogP contribution in [0.4, 0.5) is 10.2 Å². The maximum Gasteiger partial charge on any atom is 0.201 e. The lowest BCUT2D eigenvalue weighted by Crippen LogP contribution is -2.46. The van der Waals surface area contributed by atoms with Crippen LogP contribution in [0.25, 0.3) is 22.1 Å². The summed E-state index contributed by atoms with van der Waals surface area (Å²) in [4.78, 5) is 20.5. The molecule has 1 saturated heterocycles. The predicted molar refractivity (Wildman–Crippen MR) is 149 cm³/mol. The Morgan fingerprint density at radius 3 is 2.77 bits per heavy atom. The van der Waals surface area contributed by atoms with Crippen LogP contribution in [-0.4, -0.2) is 76.0 Å². The lowest BCUT2D eigenvalue weighted by Gasteiger charge is -2.37. The molecule has 1 aliphatic rings. The highest BCUT2D eigenvalue weighted by atomic mass is 19.1. The summed E-state index contributed by atoms with van der Waals surface area (Å²) in [5, 5.41) is 3.15. The summed E-state index contributed by atoms with van der Waals surface area (Å²) < 4.78 is 33.1. The van der Waals surface area contributed by atoms with Crippen molar-refractivity contribution >= 4 is 28.0 Å². The van der Waals surface area contributed by atoms with Gasteiger partial charge in [-0.25, -0.2) is 19.3 Å². The average Bonchev–Trinajstić information content (AvgIpc) is 3.53. The number of pyridine rings is 2. The highest BCUT2D eigenvalue weighted by Crippen LogP contribution is 2.31. The Balaban J connectivity index is 1.06. The van der Waals surface area contributed by atoms with Crippen LogP contribution in [0.5, 0.6) is 0 Å². The van der Waals surface area contributed by atoms with E-state index in [1.807, 2.05) is 12.1 Å². The molecular formula is C29H32FN7O3. The Kier molecular flexibility index (Phi) is 7.94. The molecule has 10 nitrogen and oxygen atoms in total. The maximum absolute atomic E-state index is 14.0. The van der Waals surface area contributed by atoms with E-state index in [4.69, 9.17) is 23.9 Å². The number of rotatable bonds is 13. The Hall–Kier alpha value is -3.93. The number of nitrogens with zero attached hydrogens (tertiary/aromatic N) is 6. The van der Waals surface area contributed by atoms with Gasteiger partial charge in [-0.2, -0.15) is 0 Å². The Morgan fingerprint density at radius 1 is 1.00 bits per heavy atom. The van der Waals surface area contributed by atoms with E-state index in [1.165, 1.54) is 6.07 Å². The van der Waals surface area contributed by atoms with E-state index in [0.29, 0.717) is 48.3 Å². The third-order valence-electron chi connectivity index (χ3n) is 7.16. The third-order valence-corrected chi connectivity index (χ3v) is 7.16. The van der Waals surface area contributed by atoms with Crippen molar-refractivity contribution in [3.05, 3.63) is 78.1 Å². The summed E-state index contributed by atoms with van der Waals surface area (Å²) >= 11 is 0. The van der Waals surface area contributed by atoms with Crippen molar-refractivity contribution < 1.29 is 18.3 Å². The number of fused-ring (bicyclic) bond motifs is 2. The van der Waals surface area contributed by atoms with E-state index >= 15 is 0 Å². The van der Waals surface area contributed by atoms with Gasteiger partial charge >= 0.3 is 0 Å². The van der Waals surface area contributed by atoms with Crippen LogP contribution in [-0.2, 0) is 29.0 Å². The molecule has 5 heterocycles. The molecule has 0 spiro atoms. The van der Waals surface area contributed by atoms with Gasteiger partial charge in [0.25, 0.3) is 0 Å². The van der Waals surface area contributed by atoms with Crippen LogP contribution in [0.1, 0.15) is 23.3 Å². The second-order valence-corrected chi connectivity index (χ2v) is 9.82. The third kappa shape index (κ3) is 5.67. The van der Waals surface area contributed by atoms with Crippen LogP contribution in [0.2, 0.25) is 0 Å². The smallest absolute Gasteiger partial charge is 0.201 e. The zero-order chi connectivity index (χ0) is 27.3. The van der Waals surface area contributed by atoms with Crippen LogP contribution >= 0.6 is 0 Å². The standard InChI is InChI=1S/C29H32FN7O3/c1-38-15-16-39-14-13-37-24-7-3-2-6-22(24)34-26(37)9-12-36-18-20(19-36)29-35-27-25(40-29)8-11-32-28(27)33-17-23-21(30)5-4-10-31-23/h2-8,10-11,20H,9,12-19H2,1H3,(H,32,33). The van der Waals surface area contributed by atoms with E-state index in [2.05, 4.69) is 36.9 Å². The minimum Gasteiger partial charge on any atom is -0.440 e. The monoisotopic (exact) mass is 545 g/mol. The Morgan fingerprint density at radius 2 is 1.90 bits per heavy atom. The molecule has 11 heteroatoms. The molecule has 0 radical (unpaired) electrons. The number of likely N-dealkylation sites (tertiary alicyclic amines) is 1. The average molecular weight is 546 g/mol. The molecule has 0 amide bonds. The largest absolute Gasteiger partial charge is 0.440 e. The van der Waals surface area contributed by atoms with E-state index in [9.17, 15) is 4.39 Å². The number of oxazole rings is 1. The molecule has 208 valence electrons. The predicted octanol–water partition coefficient (Wildman–Crippen LogP) is 4.02. The van der Waals surface area contributed by atoms with Gasteiger partial charge in [0.15, 0.2) is 16.9 Å². The van der Waals surface area contributed by atoms with Gasteiger partial charge in [-0.05, 0) is 24.3 Å². The zero-order valence-electron chi connectivity index (χ0n) is 22.4. The first-order chi connectivity index (χ1) is 19.7. The van der Waals surface area contributed by atoms with Crippen molar-refractivity contribution in [2.24, 2.45) is 0 Å². The van der Waals surface area contributed by atoms with Crippen molar-refractivity contribution in [2.45, 2.75) is 25.4 Å². The molecule has 1 fully saturated rings. The van der Waals surface area contributed by atoms with Gasteiger partial charge in [0, 0.05) is 58.2 Å². The van der Waals surface area contributed by atoms with Crippen LogP contribution < -0.4 is 5.32 Å². The summed E-state index contributed by atoms with van der Waals surface area (Å²) in [6.07, 6.45) is 4.07. The minimum atomic E-state index is -0.358. The molecule has 1 aromatic carbocycles. The molecule has 0 saturated carbocycles. The number of anilines is 1. The van der Waals surface area contributed by atoms with Crippen LogP contribution in [0.15, 0.2) is 59.3 Å². The molecule has 4 aromatic heterocycles. The number of imidazole rings is 1. The quantitative estimate of drug-likeness (QED) is 0.220. The number of nitrogens with one attached hydrogen (secondary N) is 1. The van der Waals surface area contributed by atoms with E-state index in [1.54, 1.807) is 31.6 Å². The van der Waals surface area contributed by atoms with Gasteiger partial charge in [-0.15, -0.1) is 0 Å². The first-order valence-electron chi connectivity index (χ1n) is 13.5. The fourth-order valence-corrected chi connectivity index (χ4v) is 5.02. The summed E-state index contributed by atoms with van der Waals surface area (Å²) in [5.41, 5.74) is 3.77. The van der Waals surface area contributed by atoms with Crippen molar-refractivity contribution in [1.29, 1.82) is 0 Å². The van der Waals surface area contributed by atoms with Crippen LogP contribution in [0, 0.1) is 5.82 Å². The SMILES string of the molecule is COCCOCCn1c(CCN2CC(c3nc4c(NCc5ncccc5F)nccc4o3)C2)nc2ccccc21. The second-order valence-electron chi connectivity index (χ2n) is 9.82. The van der Waals surface area contributed by atoms with Crippen molar-refractivity contribution in [3.8, 4) is 0 Å². The first-order valence-corrected chi connectivity index (χ1v) is 13.5. The highest BCUT2D eigenvalue weighted by Gasteiger charge is 2.32.